The number of hydrogen-bond donors (Lipinski definition) is 1. The summed E-state index contributed by atoms with van der Waals surface area (Å²) in [7, 11) is 0. The van der Waals surface area contributed by atoms with E-state index in [9.17, 15) is 0 Å². The van der Waals surface area contributed by atoms with Gasteiger partial charge in [0.05, 0.1) is 6.61 Å². The number of nitrogens with zero attached hydrogens (tertiary/aromatic N) is 1. The maximum Gasteiger partial charge on any atom is 0.121 e. The Morgan fingerprint density at radius 1 is 1.32 bits per heavy atom. The second-order valence-electron chi connectivity index (χ2n) is 5.80. The lowest BCUT2D eigenvalue weighted by Gasteiger charge is -2.36. The highest BCUT2D eigenvalue weighted by Crippen LogP contribution is 2.21. The molecule has 0 radical (unpaired) electrons. The van der Waals surface area contributed by atoms with Crippen molar-refractivity contribution in [1.82, 2.24) is 4.90 Å². The Morgan fingerprint density at radius 3 is 2.95 bits per heavy atom. The summed E-state index contributed by atoms with van der Waals surface area (Å²) in [5.74, 6) is 1.71. The van der Waals surface area contributed by atoms with Crippen LogP contribution in [0.5, 0.6) is 5.75 Å². The smallest absolute Gasteiger partial charge is 0.121 e. The number of nitrogen functional groups attached to an aromatic ring is 1. The first-order chi connectivity index (χ1) is 9.15. The van der Waals surface area contributed by atoms with Gasteiger partial charge in [0.25, 0.3) is 0 Å². The Bertz CT molecular complexity index is 394. The van der Waals surface area contributed by atoms with E-state index in [1.165, 1.54) is 19.4 Å². The molecule has 1 fully saturated rings. The zero-order valence-electron chi connectivity index (χ0n) is 12.1. The van der Waals surface area contributed by atoms with Crippen LogP contribution in [0.4, 0.5) is 5.69 Å². The molecular formula is C16H26N2O. The molecule has 2 atom stereocenters. The molecule has 1 aromatic rings. The number of anilines is 1. The van der Waals surface area contributed by atoms with E-state index in [2.05, 4.69) is 18.7 Å². The molecule has 1 heterocycles. The van der Waals surface area contributed by atoms with Crippen molar-refractivity contribution < 1.29 is 4.74 Å². The zero-order chi connectivity index (χ0) is 13.7. The molecule has 0 aromatic heterocycles. The molecule has 3 heteroatoms. The van der Waals surface area contributed by atoms with Gasteiger partial charge < -0.3 is 15.4 Å². The number of ether oxygens (including phenoxy) is 1. The zero-order valence-corrected chi connectivity index (χ0v) is 12.1. The summed E-state index contributed by atoms with van der Waals surface area (Å²) in [5, 5.41) is 0. The van der Waals surface area contributed by atoms with Crippen molar-refractivity contribution in [2.45, 2.75) is 39.2 Å². The first-order valence-electron chi connectivity index (χ1n) is 7.37. The normalized spacial score (nSPS) is 24.3. The number of rotatable bonds is 5. The van der Waals surface area contributed by atoms with Gasteiger partial charge in [-0.25, -0.2) is 0 Å². The van der Waals surface area contributed by atoms with Crippen molar-refractivity contribution in [2.24, 2.45) is 5.92 Å². The van der Waals surface area contributed by atoms with Crippen LogP contribution < -0.4 is 10.5 Å². The predicted octanol–water partition coefficient (Wildman–Crippen LogP) is 3.16. The second-order valence-corrected chi connectivity index (χ2v) is 5.80. The Hall–Kier alpha value is -1.22. The van der Waals surface area contributed by atoms with E-state index < -0.39 is 0 Å². The monoisotopic (exact) mass is 262 g/mol. The first-order valence-corrected chi connectivity index (χ1v) is 7.37. The van der Waals surface area contributed by atoms with Crippen molar-refractivity contribution in [2.75, 3.05) is 25.4 Å². The van der Waals surface area contributed by atoms with Gasteiger partial charge in [-0.15, -0.1) is 0 Å². The van der Waals surface area contributed by atoms with Gasteiger partial charge >= 0.3 is 0 Å². The van der Waals surface area contributed by atoms with E-state index in [0.717, 1.165) is 43.0 Å². The fourth-order valence-corrected chi connectivity index (χ4v) is 2.75. The summed E-state index contributed by atoms with van der Waals surface area (Å²) in [6.07, 6.45) is 3.78. The van der Waals surface area contributed by atoms with Crippen molar-refractivity contribution in [3.8, 4) is 5.75 Å². The minimum Gasteiger partial charge on any atom is -0.493 e. The molecule has 0 saturated carbocycles. The highest BCUT2D eigenvalue weighted by molar-refractivity contribution is 5.43. The van der Waals surface area contributed by atoms with Gasteiger partial charge in [-0.05, 0) is 44.2 Å². The molecule has 1 aliphatic rings. The molecule has 19 heavy (non-hydrogen) atoms. The van der Waals surface area contributed by atoms with Crippen LogP contribution in [0.15, 0.2) is 24.3 Å². The maximum absolute atomic E-state index is 5.73. The number of hydrogen-bond acceptors (Lipinski definition) is 3. The highest BCUT2D eigenvalue weighted by atomic mass is 16.5. The topological polar surface area (TPSA) is 38.5 Å². The molecule has 2 N–H and O–H groups in total. The van der Waals surface area contributed by atoms with E-state index in [1.807, 2.05) is 24.3 Å². The Labute approximate surface area is 116 Å². The summed E-state index contributed by atoms with van der Waals surface area (Å²) < 4.78 is 5.73. The molecule has 106 valence electrons. The standard InChI is InChI=1S/C16H26N2O/c1-13-7-8-14(2)18(12-13)9-4-10-19-16-6-3-5-15(17)11-16/h3,5-6,11,13-14H,4,7-10,12,17H2,1-2H3. The van der Waals surface area contributed by atoms with Gasteiger partial charge in [-0.1, -0.05) is 13.0 Å². The average molecular weight is 262 g/mol. The molecule has 3 nitrogen and oxygen atoms in total. The number of nitrogens with two attached hydrogens (primary N) is 1. The van der Waals surface area contributed by atoms with Crippen molar-refractivity contribution >= 4 is 5.69 Å². The van der Waals surface area contributed by atoms with E-state index in [-0.39, 0.29) is 0 Å². The Morgan fingerprint density at radius 2 is 2.16 bits per heavy atom. The summed E-state index contributed by atoms with van der Waals surface area (Å²) in [5.41, 5.74) is 6.49. The van der Waals surface area contributed by atoms with Gasteiger partial charge in [-0.3, -0.25) is 0 Å². The fraction of sp³-hybridized carbons (Fsp3) is 0.625. The quantitative estimate of drug-likeness (QED) is 0.654. The molecule has 1 aromatic carbocycles. The van der Waals surface area contributed by atoms with Crippen LogP contribution in [-0.2, 0) is 0 Å². The highest BCUT2D eigenvalue weighted by Gasteiger charge is 2.21. The molecular weight excluding hydrogens is 236 g/mol. The third kappa shape index (κ3) is 4.43. The average Bonchev–Trinajstić information content (AvgIpc) is 2.39. The molecule has 0 spiro atoms. The lowest BCUT2D eigenvalue weighted by atomic mass is 9.95. The van der Waals surface area contributed by atoms with Crippen LogP contribution in [-0.4, -0.2) is 30.6 Å². The van der Waals surface area contributed by atoms with Gasteiger partial charge in [0.15, 0.2) is 0 Å². The number of likely N-dealkylation sites (tertiary alicyclic amines) is 1. The largest absolute Gasteiger partial charge is 0.493 e. The summed E-state index contributed by atoms with van der Waals surface area (Å²) in [4.78, 5) is 2.59. The van der Waals surface area contributed by atoms with Crippen LogP contribution in [0.1, 0.15) is 33.1 Å². The van der Waals surface area contributed by atoms with E-state index in [1.54, 1.807) is 0 Å². The second kappa shape index (κ2) is 6.80. The van der Waals surface area contributed by atoms with Crippen molar-refractivity contribution in [3.63, 3.8) is 0 Å². The molecule has 2 rings (SSSR count). The number of piperidine rings is 1. The van der Waals surface area contributed by atoms with Crippen LogP contribution >= 0.6 is 0 Å². The predicted molar refractivity (Wildman–Crippen MR) is 80.4 cm³/mol. The van der Waals surface area contributed by atoms with Crippen molar-refractivity contribution in [3.05, 3.63) is 24.3 Å². The third-order valence-corrected chi connectivity index (χ3v) is 3.96. The van der Waals surface area contributed by atoms with Crippen LogP contribution in [0.2, 0.25) is 0 Å². The van der Waals surface area contributed by atoms with Crippen LogP contribution in [0, 0.1) is 5.92 Å². The van der Waals surface area contributed by atoms with E-state index >= 15 is 0 Å². The minimum atomic E-state index is 0.726. The summed E-state index contributed by atoms with van der Waals surface area (Å²) in [6, 6.07) is 8.37. The lowest BCUT2D eigenvalue weighted by molar-refractivity contribution is 0.117. The molecule has 1 aliphatic heterocycles. The van der Waals surface area contributed by atoms with E-state index in [0.29, 0.717) is 0 Å². The molecule has 0 bridgehead atoms. The van der Waals surface area contributed by atoms with E-state index in [4.69, 9.17) is 10.5 Å². The first kappa shape index (κ1) is 14.2. The molecule has 2 unspecified atom stereocenters. The van der Waals surface area contributed by atoms with Gasteiger partial charge in [0.2, 0.25) is 0 Å². The van der Waals surface area contributed by atoms with Crippen LogP contribution in [0.3, 0.4) is 0 Å². The van der Waals surface area contributed by atoms with Gasteiger partial charge in [0.1, 0.15) is 5.75 Å². The molecule has 1 saturated heterocycles. The summed E-state index contributed by atoms with van der Waals surface area (Å²) in [6.45, 7) is 7.82. The minimum absolute atomic E-state index is 0.726. The van der Waals surface area contributed by atoms with Crippen LogP contribution in [0.25, 0.3) is 0 Å². The maximum atomic E-state index is 5.73. The molecule has 0 amide bonds. The summed E-state index contributed by atoms with van der Waals surface area (Å²) >= 11 is 0. The Balaban J connectivity index is 1.69. The van der Waals surface area contributed by atoms with Gasteiger partial charge in [-0.2, -0.15) is 0 Å². The van der Waals surface area contributed by atoms with Gasteiger partial charge in [0, 0.05) is 30.9 Å². The number of benzene rings is 1. The fourth-order valence-electron chi connectivity index (χ4n) is 2.75. The third-order valence-electron chi connectivity index (χ3n) is 3.96. The lowest BCUT2D eigenvalue weighted by Crippen LogP contribution is -2.41. The SMILES string of the molecule is CC1CCC(C)N(CCCOc2cccc(N)c2)C1. The molecule has 0 aliphatic carbocycles. The Kier molecular flexibility index (Phi) is 5.08. The van der Waals surface area contributed by atoms with Crippen molar-refractivity contribution in [1.29, 1.82) is 0 Å².